The minimum atomic E-state index is 0.252. The van der Waals surface area contributed by atoms with E-state index >= 15 is 0 Å². The van der Waals surface area contributed by atoms with Crippen LogP contribution in [0.25, 0.3) is 0 Å². The molecule has 0 bridgehead atoms. The molecule has 0 saturated heterocycles. The molecule has 1 heterocycles. The normalized spacial score (nSPS) is 12.4. The first-order valence-electron chi connectivity index (χ1n) is 5.20. The highest BCUT2D eigenvalue weighted by Crippen LogP contribution is 2.36. The summed E-state index contributed by atoms with van der Waals surface area (Å²) < 4.78 is 5.21. The van der Waals surface area contributed by atoms with Crippen LogP contribution in [0.5, 0.6) is 5.75 Å². The number of thiophene rings is 1. The molecule has 2 rings (SSSR count). The van der Waals surface area contributed by atoms with Crippen molar-refractivity contribution in [2.24, 2.45) is 0 Å². The number of alkyl halides is 1. The third-order valence-corrected chi connectivity index (χ3v) is 5.04. The first-order valence-corrected chi connectivity index (χ1v) is 7.38. The summed E-state index contributed by atoms with van der Waals surface area (Å²) in [6.07, 6.45) is 0.900. The largest absolute Gasteiger partial charge is 0.497 e. The van der Waals surface area contributed by atoms with E-state index in [1.807, 2.05) is 23.6 Å². The average molecular weight is 332 g/mol. The van der Waals surface area contributed by atoms with Crippen LogP contribution in [0, 0.1) is 0 Å². The van der Waals surface area contributed by atoms with Gasteiger partial charge in [0.05, 0.1) is 17.0 Å². The number of rotatable bonds is 4. The highest BCUT2D eigenvalue weighted by atomic mass is 79.9. The standard InChI is InChI=1S/C13H12BrClOS/c1-16-10-4-2-3-9(7-10)8-11(14)13-12(15)5-6-17-13/h2-7,11H,8H2,1H3. The van der Waals surface area contributed by atoms with Crippen molar-refractivity contribution >= 4 is 38.9 Å². The van der Waals surface area contributed by atoms with Crippen LogP contribution < -0.4 is 4.74 Å². The molecule has 2 aromatic rings. The van der Waals surface area contributed by atoms with Gasteiger partial charge in [-0.2, -0.15) is 0 Å². The van der Waals surface area contributed by atoms with E-state index in [0.717, 1.165) is 17.2 Å². The minimum absolute atomic E-state index is 0.252. The Balaban J connectivity index is 2.13. The molecule has 0 aliphatic rings. The lowest BCUT2D eigenvalue weighted by Crippen LogP contribution is -1.94. The molecule has 0 N–H and O–H groups in total. The van der Waals surface area contributed by atoms with Gasteiger partial charge in [-0.3, -0.25) is 0 Å². The SMILES string of the molecule is COc1cccc(CC(Br)c2sccc2Cl)c1. The van der Waals surface area contributed by atoms with Crippen LogP contribution in [0.4, 0.5) is 0 Å². The van der Waals surface area contributed by atoms with Gasteiger partial charge in [0.25, 0.3) is 0 Å². The summed E-state index contributed by atoms with van der Waals surface area (Å²) in [5.41, 5.74) is 1.23. The smallest absolute Gasteiger partial charge is 0.119 e. The van der Waals surface area contributed by atoms with Crippen LogP contribution in [0.2, 0.25) is 5.02 Å². The summed E-state index contributed by atoms with van der Waals surface area (Å²) in [5.74, 6) is 0.888. The van der Waals surface area contributed by atoms with Crippen LogP contribution in [0.3, 0.4) is 0 Å². The first-order chi connectivity index (χ1) is 8.20. The van der Waals surface area contributed by atoms with Gasteiger partial charge in [-0.15, -0.1) is 11.3 Å². The molecule has 0 saturated carbocycles. The zero-order valence-corrected chi connectivity index (χ0v) is 12.5. The van der Waals surface area contributed by atoms with Crippen molar-refractivity contribution in [1.29, 1.82) is 0 Å². The molecule has 1 unspecified atom stereocenters. The lowest BCUT2D eigenvalue weighted by atomic mass is 10.1. The predicted octanol–water partition coefficient (Wildman–Crippen LogP) is 5.09. The molecule has 0 fully saturated rings. The quantitative estimate of drug-likeness (QED) is 0.709. The van der Waals surface area contributed by atoms with Crippen molar-refractivity contribution in [3.05, 3.63) is 51.2 Å². The highest BCUT2D eigenvalue weighted by Gasteiger charge is 2.13. The molecular weight excluding hydrogens is 320 g/mol. The van der Waals surface area contributed by atoms with E-state index in [0.29, 0.717) is 0 Å². The van der Waals surface area contributed by atoms with Gasteiger partial charge in [0.15, 0.2) is 0 Å². The number of hydrogen-bond donors (Lipinski definition) is 0. The van der Waals surface area contributed by atoms with Gasteiger partial charge in [-0.25, -0.2) is 0 Å². The van der Waals surface area contributed by atoms with Crippen molar-refractivity contribution in [3.63, 3.8) is 0 Å². The third-order valence-electron chi connectivity index (χ3n) is 2.48. The zero-order chi connectivity index (χ0) is 12.3. The van der Waals surface area contributed by atoms with E-state index in [-0.39, 0.29) is 4.83 Å². The molecule has 90 valence electrons. The molecule has 0 spiro atoms. The number of ether oxygens (including phenoxy) is 1. The highest BCUT2D eigenvalue weighted by molar-refractivity contribution is 9.09. The van der Waals surface area contributed by atoms with E-state index in [9.17, 15) is 0 Å². The van der Waals surface area contributed by atoms with Crippen LogP contribution >= 0.6 is 38.9 Å². The molecule has 0 amide bonds. The van der Waals surface area contributed by atoms with Gasteiger partial charge in [0.1, 0.15) is 5.75 Å². The van der Waals surface area contributed by atoms with Gasteiger partial charge in [0, 0.05) is 4.88 Å². The van der Waals surface area contributed by atoms with Gasteiger partial charge >= 0.3 is 0 Å². The van der Waals surface area contributed by atoms with E-state index in [4.69, 9.17) is 16.3 Å². The zero-order valence-electron chi connectivity index (χ0n) is 9.32. The van der Waals surface area contributed by atoms with Crippen molar-refractivity contribution in [2.75, 3.05) is 7.11 Å². The molecule has 17 heavy (non-hydrogen) atoms. The molecular formula is C13H12BrClOS. The molecule has 1 atom stereocenters. The topological polar surface area (TPSA) is 9.23 Å². The second-order valence-corrected chi connectivity index (χ2v) is 6.12. The maximum Gasteiger partial charge on any atom is 0.119 e. The van der Waals surface area contributed by atoms with Crippen LogP contribution in [0.15, 0.2) is 35.7 Å². The Kier molecular flexibility index (Phi) is 4.48. The number of benzene rings is 1. The van der Waals surface area contributed by atoms with Gasteiger partial charge in [-0.05, 0) is 35.6 Å². The van der Waals surface area contributed by atoms with Crippen molar-refractivity contribution < 1.29 is 4.74 Å². The Labute approximate surface area is 119 Å². The third kappa shape index (κ3) is 3.24. The molecule has 1 aromatic heterocycles. The summed E-state index contributed by atoms with van der Waals surface area (Å²) in [6.45, 7) is 0. The summed E-state index contributed by atoms with van der Waals surface area (Å²) >= 11 is 11.5. The molecule has 0 aliphatic carbocycles. The molecule has 0 radical (unpaired) electrons. The first kappa shape index (κ1) is 12.9. The molecule has 1 aromatic carbocycles. The summed E-state index contributed by atoms with van der Waals surface area (Å²) in [6, 6.07) is 10.0. The predicted molar refractivity (Wildman–Crippen MR) is 77.7 cm³/mol. The fraction of sp³-hybridized carbons (Fsp3) is 0.231. The van der Waals surface area contributed by atoms with Crippen LogP contribution in [-0.4, -0.2) is 7.11 Å². The van der Waals surface area contributed by atoms with E-state index < -0.39 is 0 Å². The number of hydrogen-bond acceptors (Lipinski definition) is 2. The van der Waals surface area contributed by atoms with E-state index in [1.54, 1.807) is 18.4 Å². The second-order valence-electron chi connectivity index (χ2n) is 3.66. The van der Waals surface area contributed by atoms with Gasteiger partial charge in [0.2, 0.25) is 0 Å². The average Bonchev–Trinajstić information content (AvgIpc) is 2.76. The fourth-order valence-electron chi connectivity index (χ4n) is 1.63. The molecule has 0 aliphatic heterocycles. The van der Waals surface area contributed by atoms with Crippen LogP contribution in [0.1, 0.15) is 15.3 Å². The van der Waals surface area contributed by atoms with Crippen LogP contribution in [-0.2, 0) is 6.42 Å². The maximum absolute atomic E-state index is 6.12. The Morgan fingerprint density at radius 3 is 2.88 bits per heavy atom. The molecule has 1 nitrogen and oxygen atoms in total. The second kappa shape index (κ2) is 5.89. The minimum Gasteiger partial charge on any atom is -0.497 e. The number of halogens is 2. The Morgan fingerprint density at radius 1 is 1.41 bits per heavy atom. The van der Waals surface area contributed by atoms with Crippen molar-refractivity contribution in [2.45, 2.75) is 11.2 Å². The summed E-state index contributed by atoms with van der Waals surface area (Å²) in [4.78, 5) is 1.43. The van der Waals surface area contributed by atoms with E-state index in [2.05, 4.69) is 28.1 Å². The fourth-order valence-corrected chi connectivity index (χ4v) is 3.87. The summed E-state index contributed by atoms with van der Waals surface area (Å²) in [5, 5.41) is 2.84. The Bertz CT molecular complexity index is 498. The molecule has 4 heteroatoms. The monoisotopic (exact) mass is 330 g/mol. The van der Waals surface area contributed by atoms with Crippen molar-refractivity contribution in [1.82, 2.24) is 0 Å². The Hall–Kier alpha value is -0.510. The lowest BCUT2D eigenvalue weighted by molar-refractivity contribution is 0.414. The maximum atomic E-state index is 6.12. The van der Waals surface area contributed by atoms with E-state index in [1.165, 1.54) is 10.4 Å². The number of methoxy groups -OCH3 is 1. The Morgan fingerprint density at radius 2 is 2.24 bits per heavy atom. The lowest BCUT2D eigenvalue weighted by Gasteiger charge is -2.09. The summed E-state index contributed by atoms with van der Waals surface area (Å²) in [7, 11) is 1.68. The van der Waals surface area contributed by atoms with Gasteiger partial charge in [-0.1, -0.05) is 39.7 Å². The van der Waals surface area contributed by atoms with Crippen molar-refractivity contribution in [3.8, 4) is 5.75 Å². The van der Waals surface area contributed by atoms with Gasteiger partial charge < -0.3 is 4.74 Å².